The van der Waals surface area contributed by atoms with Crippen molar-refractivity contribution in [3.63, 3.8) is 0 Å². The van der Waals surface area contributed by atoms with Crippen LogP contribution in [0.1, 0.15) is 31.9 Å². The predicted octanol–water partition coefficient (Wildman–Crippen LogP) is 5.98. The third-order valence-corrected chi connectivity index (χ3v) is 4.38. The number of nitrogens with one attached hydrogen (secondary N) is 1. The second-order valence-electron chi connectivity index (χ2n) is 6.46. The molecule has 0 amide bonds. The third-order valence-electron chi connectivity index (χ3n) is 4.38. The van der Waals surface area contributed by atoms with Crippen LogP contribution in [0.25, 0.3) is 17.2 Å². The first-order valence-electron chi connectivity index (χ1n) is 7.45. The number of hydrogen-bond acceptors (Lipinski definition) is 1. The van der Waals surface area contributed by atoms with Crippen LogP contribution in [0.2, 0.25) is 0 Å². The Labute approximate surface area is 133 Å². The highest BCUT2D eigenvalue weighted by Gasteiger charge is 2.30. The van der Waals surface area contributed by atoms with Crippen LogP contribution >= 0.6 is 0 Å². The topological polar surface area (TPSA) is 12.0 Å². The van der Waals surface area contributed by atoms with Gasteiger partial charge in [0.25, 0.3) is 0 Å². The van der Waals surface area contributed by atoms with Crippen molar-refractivity contribution in [1.82, 2.24) is 0 Å². The molecule has 0 saturated heterocycles. The Morgan fingerprint density at radius 2 is 1.65 bits per heavy atom. The lowest BCUT2D eigenvalue weighted by molar-refractivity contribution is -0.137. The Bertz CT molecular complexity index is 785. The average molecular weight is 317 g/mol. The molecule has 120 valence electrons. The Balaban J connectivity index is 2.04. The van der Waals surface area contributed by atoms with Gasteiger partial charge >= 0.3 is 6.18 Å². The van der Waals surface area contributed by atoms with Crippen molar-refractivity contribution in [3.05, 3.63) is 59.2 Å². The Hall–Kier alpha value is -2.23. The summed E-state index contributed by atoms with van der Waals surface area (Å²) in [5.74, 6) is 0. The first-order chi connectivity index (χ1) is 10.7. The molecule has 0 aliphatic carbocycles. The molecule has 2 aromatic rings. The van der Waals surface area contributed by atoms with Crippen molar-refractivity contribution in [2.24, 2.45) is 0 Å². The van der Waals surface area contributed by atoms with E-state index < -0.39 is 11.7 Å². The molecule has 0 bridgehead atoms. The van der Waals surface area contributed by atoms with Crippen LogP contribution < -0.4 is 5.32 Å². The maximum atomic E-state index is 12.9. The van der Waals surface area contributed by atoms with Gasteiger partial charge in [0.1, 0.15) is 0 Å². The molecule has 1 N–H and O–H groups in total. The number of fused-ring (bicyclic) bond motifs is 1. The number of anilines is 1. The predicted molar refractivity (Wildman–Crippen MR) is 88.2 cm³/mol. The van der Waals surface area contributed by atoms with Crippen LogP contribution in [0.5, 0.6) is 0 Å². The van der Waals surface area contributed by atoms with Crippen LogP contribution in [0.3, 0.4) is 0 Å². The van der Waals surface area contributed by atoms with E-state index in [0.29, 0.717) is 5.56 Å². The zero-order valence-electron chi connectivity index (χ0n) is 13.3. The van der Waals surface area contributed by atoms with E-state index in [0.717, 1.165) is 22.9 Å². The summed E-state index contributed by atoms with van der Waals surface area (Å²) in [5, 5.41) is 3.45. The quantitative estimate of drug-likeness (QED) is 0.682. The largest absolute Gasteiger partial charge is 0.416 e. The van der Waals surface area contributed by atoms with Crippen LogP contribution in [0, 0.1) is 0 Å². The van der Waals surface area contributed by atoms with Crippen LogP contribution in [-0.4, -0.2) is 5.54 Å². The molecule has 0 saturated carbocycles. The first kappa shape index (κ1) is 15.7. The van der Waals surface area contributed by atoms with E-state index in [-0.39, 0.29) is 5.54 Å². The fourth-order valence-electron chi connectivity index (χ4n) is 2.70. The molecule has 2 aromatic carbocycles. The minimum absolute atomic E-state index is 0.120. The van der Waals surface area contributed by atoms with Crippen LogP contribution in [0.15, 0.2) is 48.0 Å². The molecular weight excluding hydrogens is 299 g/mol. The van der Waals surface area contributed by atoms with Gasteiger partial charge in [-0.25, -0.2) is 0 Å². The van der Waals surface area contributed by atoms with Gasteiger partial charge in [-0.05, 0) is 67.3 Å². The van der Waals surface area contributed by atoms with E-state index in [1.165, 1.54) is 17.7 Å². The van der Waals surface area contributed by atoms with Gasteiger partial charge in [0.15, 0.2) is 0 Å². The number of alkyl halides is 3. The minimum Gasteiger partial charge on any atom is -0.376 e. The summed E-state index contributed by atoms with van der Waals surface area (Å²) in [6, 6.07) is 11.1. The fraction of sp³-hybridized carbons (Fsp3) is 0.263. The summed E-state index contributed by atoms with van der Waals surface area (Å²) >= 11 is 0. The van der Waals surface area contributed by atoms with Gasteiger partial charge in [-0.3, -0.25) is 0 Å². The number of benzene rings is 2. The van der Waals surface area contributed by atoms with Gasteiger partial charge < -0.3 is 5.32 Å². The highest BCUT2D eigenvalue weighted by Crippen LogP contribution is 2.37. The second kappa shape index (κ2) is 5.15. The normalized spacial score (nSPS) is 16.3. The van der Waals surface area contributed by atoms with Crippen molar-refractivity contribution in [2.75, 3.05) is 5.32 Å². The smallest absolute Gasteiger partial charge is 0.376 e. The zero-order valence-corrected chi connectivity index (χ0v) is 13.3. The lowest BCUT2D eigenvalue weighted by atomic mass is 9.88. The lowest BCUT2D eigenvalue weighted by Gasteiger charge is -2.33. The molecule has 4 heteroatoms. The maximum absolute atomic E-state index is 12.9. The van der Waals surface area contributed by atoms with Gasteiger partial charge in [-0.2, -0.15) is 13.2 Å². The van der Waals surface area contributed by atoms with Crippen LogP contribution in [0.4, 0.5) is 18.9 Å². The van der Waals surface area contributed by atoms with Crippen molar-refractivity contribution in [2.45, 2.75) is 32.5 Å². The summed E-state index contributed by atoms with van der Waals surface area (Å²) in [7, 11) is 0. The molecule has 1 aliphatic rings. The molecule has 3 rings (SSSR count). The van der Waals surface area contributed by atoms with E-state index >= 15 is 0 Å². The van der Waals surface area contributed by atoms with Gasteiger partial charge in [0.05, 0.1) is 11.1 Å². The van der Waals surface area contributed by atoms with Crippen molar-refractivity contribution >= 4 is 11.8 Å². The standard InChI is InChI=1S/C19H18F3N/c1-12-9-15-10-14(7-8-17(15)23-18(12,2)3)13-5-4-6-16(11-13)19(20,21)22/h4-11,23H,1-3H3. The molecule has 0 fully saturated rings. The number of rotatable bonds is 1. The van der Waals surface area contributed by atoms with Crippen molar-refractivity contribution in [3.8, 4) is 11.1 Å². The van der Waals surface area contributed by atoms with E-state index in [9.17, 15) is 13.2 Å². The molecule has 0 radical (unpaired) electrons. The summed E-state index contributed by atoms with van der Waals surface area (Å²) < 4.78 is 38.6. The zero-order chi connectivity index (χ0) is 16.8. The van der Waals surface area contributed by atoms with Gasteiger partial charge in [-0.1, -0.05) is 24.3 Å². The fourth-order valence-corrected chi connectivity index (χ4v) is 2.70. The molecule has 0 atom stereocenters. The maximum Gasteiger partial charge on any atom is 0.416 e. The summed E-state index contributed by atoms with van der Waals surface area (Å²) in [6.45, 7) is 6.25. The van der Waals surface area contributed by atoms with Crippen molar-refractivity contribution < 1.29 is 13.2 Å². The minimum atomic E-state index is -4.33. The Morgan fingerprint density at radius 1 is 0.957 bits per heavy atom. The highest BCUT2D eigenvalue weighted by atomic mass is 19.4. The third kappa shape index (κ3) is 2.98. The number of hydrogen-bond donors (Lipinski definition) is 1. The molecule has 23 heavy (non-hydrogen) atoms. The lowest BCUT2D eigenvalue weighted by Crippen LogP contribution is -2.34. The molecule has 1 nitrogen and oxygen atoms in total. The molecule has 0 unspecified atom stereocenters. The number of halogens is 3. The molecule has 1 aliphatic heterocycles. The molecule has 1 heterocycles. The monoisotopic (exact) mass is 317 g/mol. The van der Waals surface area contributed by atoms with Crippen LogP contribution in [-0.2, 0) is 6.18 Å². The second-order valence-corrected chi connectivity index (χ2v) is 6.46. The van der Waals surface area contributed by atoms with Gasteiger partial charge in [0.2, 0.25) is 0 Å². The first-order valence-corrected chi connectivity index (χ1v) is 7.45. The van der Waals surface area contributed by atoms with Gasteiger partial charge in [0, 0.05) is 5.69 Å². The van der Waals surface area contributed by atoms with E-state index in [1.807, 2.05) is 25.1 Å². The summed E-state index contributed by atoms with van der Waals surface area (Å²) in [6.07, 6.45) is -2.24. The Morgan fingerprint density at radius 3 is 2.35 bits per heavy atom. The summed E-state index contributed by atoms with van der Waals surface area (Å²) in [5.41, 5.74) is 3.78. The van der Waals surface area contributed by atoms with E-state index in [2.05, 4.69) is 25.2 Å². The molecular formula is C19H18F3N. The van der Waals surface area contributed by atoms with E-state index in [4.69, 9.17) is 0 Å². The highest BCUT2D eigenvalue weighted by molar-refractivity contribution is 5.79. The summed E-state index contributed by atoms with van der Waals surface area (Å²) in [4.78, 5) is 0. The SMILES string of the molecule is CC1=Cc2cc(-c3cccc(C(F)(F)F)c3)ccc2NC1(C)C. The average Bonchev–Trinajstić information content (AvgIpc) is 2.47. The molecule has 0 spiro atoms. The van der Waals surface area contributed by atoms with E-state index in [1.54, 1.807) is 6.07 Å². The van der Waals surface area contributed by atoms with Gasteiger partial charge in [-0.15, -0.1) is 0 Å². The Kier molecular flexibility index (Phi) is 3.51. The van der Waals surface area contributed by atoms with Crippen molar-refractivity contribution in [1.29, 1.82) is 0 Å². The molecule has 0 aromatic heterocycles.